The fourth-order valence-electron chi connectivity index (χ4n) is 3.48. The summed E-state index contributed by atoms with van der Waals surface area (Å²) < 4.78 is 0. The van der Waals surface area contributed by atoms with Gasteiger partial charge in [0.15, 0.2) is 0 Å². The highest BCUT2D eigenvalue weighted by Crippen LogP contribution is 2.14. The average Bonchev–Trinajstić information content (AvgIpc) is 2.65. The molecule has 0 saturated heterocycles. The van der Waals surface area contributed by atoms with Crippen LogP contribution in [-0.4, -0.2) is 11.1 Å². The minimum absolute atomic E-state index is 0.882. The summed E-state index contributed by atoms with van der Waals surface area (Å²) in [4.78, 5) is 10.3. The Morgan fingerprint density at radius 1 is 0.593 bits per heavy atom. The van der Waals surface area contributed by atoms with Gasteiger partial charge in [-0.25, -0.2) is 4.79 Å². The largest absolute Gasteiger partial charge is 0.478 e. The third kappa shape index (κ3) is 24.9. The number of allylic oxidation sites excluding steroid dienone is 3. The maximum absolute atomic E-state index is 10.3. The van der Waals surface area contributed by atoms with Crippen molar-refractivity contribution < 1.29 is 9.90 Å². The molecule has 0 aromatic rings. The summed E-state index contributed by atoms with van der Waals surface area (Å²) >= 11 is 0. The van der Waals surface area contributed by atoms with Crippen LogP contribution < -0.4 is 0 Å². The highest BCUT2D eigenvalue weighted by atomic mass is 16.4. The number of carbonyl (C=O) groups is 1. The molecule has 0 atom stereocenters. The Kier molecular flexibility index (Phi) is 22.1. The third-order valence-corrected chi connectivity index (χ3v) is 5.21. The predicted molar refractivity (Wildman–Crippen MR) is 119 cm³/mol. The van der Waals surface area contributed by atoms with Crippen LogP contribution in [0.1, 0.15) is 129 Å². The first kappa shape index (κ1) is 26.0. The SMILES string of the molecule is CCCCCCCCCCCCCCCCCCCCC=CC=CC(=O)O. The first-order valence-corrected chi connectivity index (χ1v) is 11.8. The van der Waals surface area contributed by atoms with Gasteiger partial charge < -0.3 is 5.11 Å². The highest BCUT2D eigenvalue weighted by molar-refractivity contribution is 5.80. The van der Waals surface area contributed by atoms with Gasteiger partial charge in [-0.2, -0.15) is 0 Å². The molecule has 0 bridgehead atoms. The van der Waals surface area contributed by atoms with Crippen molar-refractivity contribution in [3.05, 3.63) is 24.3 Å². The number of rotatable bonds is 21. The van der Waals surface area contributed by atoms with Gasteiger partial charge in [0.2, 0.25) is 0 Å². The van der Waals surface area contributed by atoms with E-state index in [0.29, 0.717) is 0 Å². The van der Waals surface area contributed by atoms with Gasteiger partial charge >= 0.3 is 5.97 Å². The van der Waals surface area contributed by atoms with Crippen LogP contribution in [0.15, 0.2) is 24.3 Å². The highest BCUT2D eigenvalue weighted by Gasteiger charge is 1.94. The maximum atomic E-state index is 10.3. The van der Waals surface area contributed by atoms with Crippen LogP contribution >= 0.6 is 0 Å². The average molecular weight is 379 g/mol. The van der Waals surface area contributed by atoms with Crippen LogP contribution in [0.3, 0.4) is 0 Å². The summed E-state index contributed by atoms with van der Waals surface area (Å²) in [7, 11) is 0. The summed E-state index contributed by atoms with van der Waals surface area (Å²) in [5, 5.41) is 8.46. The van der Waals surface area contributed by atoms with E-state index in [4.69, 9.17) is 5.11 Å². The molecule has 0 aliphatic rings. The summed E-state index contributed by atoms with van der Waals surface area (Å²) in [6, 6.07) is 0. The summed E-state index contributed by atoms with van der Waals surface area (Å²) in [5.74, 6) is -0.882. The van der Waals surface area contributed by atoms with Crippen molar-refractivity contribution in [2.45, 2.75) is 129 Å². The monoisotopic (exact) mass is 378 g/mol. The Morgan fingerprint density at radius 3 is 1.33 bits per heavy atom. The lowest BCUT2D eigenvalue weighted by Gasteiger charge is -2.03. The van der Waals surface area contributed by atoms with E-state index in [1.165, 1.54) is 122 Å². The quantitative estimate of drug-likeness (QED) is 0.123. The first-order valence-electron chi connectivity index (χ1n) is 11.8. The fourth-order valence-corrected chi connectivity index (χ4v) is 3.48. The van der Waals surface area contributed by atoms with E-state index in [1.54, 1.807) is 6.08 Å². The van der Waals surface area contributed by atoms with Gasteiger partial charge in [0, 0.05) is 6.08 Å². The smallest absolute Gasteiger partial charge is 0.328 e. The Labute approximate surface area is 169 Å². The van der Waals surface area contributed by atoms with Crippen LogP contribution in [0.25, 0.3) is 0 Å². The maximum Gasteiger partial charge on any atom is 0.328 e. The van der Waals surface area contributed by atoms with E-state index in [9.17, 15) is 4.79 Å². The van der Waals surface area contributed by atoms with Crippen LogP contribution in [0.2, 0.25) is 0 Å². The molecule has 0 heterocycles. The molecule has 0 spiro atoms. The Morgan fingerprint density at radius 2 is 0.963 bits per heavy atom. The number of carboxylic acid groups (broad SMARTS) is 1. The minimum atomic E-state index is -0.882. The Bertz CT molecular complexity index is 357. The molecule has 0 aliphatic carbocycles. The zero-order valence-electron chi connectivity index (χ0n) is 18.1. The molecule has 0 rings (SSSR count). The second-order valence-electron chi connectivity index (χ2n) is 7.92. The minimum Gasteiger partial charge on any atom is -0.478 e. The normalized spacial score (nSPS) is 11.7. The second-order valence-corrected chi connectivity index (χ2v) is 7.92. The van der Waals surface area contributed by atoms with Gasteiger partial charge in [0.05, 0.1) is 0 Å². The Hall–Kier alpha value is -1.05. The van der Waals surface area contributed by atoms with Crippen LogP contribution in [-0.2, 0) is 4.79 Å². The fraction of sp³-hybridized carbons (Fsp3) is 0.800. The summed E-state index contributed by atoms with van der Waals surface area (Å²) in [6.45, 7) is 2.29. The van der Waals surface area contributed by atoms with E-state index in [-0.39, 0.29) is 0 Å². The van der Waals surface area contributed by atoms with E-state index < -0.39 is 5.97 Å². The molecule has 0 aliphatic heterocycles. The van der Waals surface area contributed by atoms with E-state index in [0.717, 1.165) is 6.42 Å². The molecule has 0 aromatic heterocycles. The first-order chi connectivity index (χ1) is 13.3. The zero-order chi connectivity index (χ0) is 19.8. The molecular weight excluding hydrogens is 332 g/mol. The molecule has 2 nitrogen and oxygen atoms in total. The molecule has 0 aromatic carbocycles. The molecular formula is C25H46O2. The van der Waals surface area contributed by atoms with Crippen LogP contribution in [0.4, 0.5) is 0 Å². The predicted octanol–water partition coefficient (Wildman–Crippen LogP) is 8.62. The summed E-state index contributed by atoms with van der Waals surface area (Å²) in [6.07, 6.45) is 33.0. The van der Waals surface area contributed by atoms with Gasteiger partial charge in [0.1, 0.15) is 0 Å². The van der Waals surface area contributed by atoms with Gasteiger partial charge in [0.25, 0.3) is 0 Å². The van der Waals surface area contributed by atoms with Crippen molar-refractivity contribution in [3.63, 3.8) is 0 Å². The number of unbranched alkanes of at least 4 members (excludes halogenated alkanes) is 18. The molecule has 0 fully saturated rings. The number of hydrogen-bond acceptors (Lipinski definition) is 1. The molecule has 2 heteroatoms. The van der Waals surface area contributed by atoms with Gasteiger partial charge in [-0.15, -0.1) is 0 Å². The van der Waals surface area contributed by atoms with Crippen molar-refractivity contribution >= 4 is 5.97 Å². The summed E-state index contributed by atoms with van der Waals surface area (Å²) in [5.41, 5.74) is 0. The lowest BCUT2D eigenvalue weighted by atomic mass is 10.0. The third-order valence-electron chi connectivity index (χ3n) is 5.21. The van der Waals surface area contributed by atoms with Crippen LogP contribution in [0.5, 0.6) is 0 Å². The van der Waals surface area contributed by atoms with Gasteiger partial charge in [-0.05, 0) is 12.8 Å². The number of carboxylic acids is 1. The van der Waals surface area contributed by atoms with Gasteiger partial charge in [-0.1, -0.05) is 134 Å². The lowest BCUT2D eigenvalue weighted by Crippen LogP contribution is -1.84. The molecule has 0 unspecified atom stereocenters. The van der Waals surface area contributed by atoms with Crippen molar-refractivity contribution in [3.8, 4) is 0 Å². The number of aliphatic carboxylic acids is 1. The van der Waals surface area contributed by atoms with Crippen molar-refractivity contribution in [1.29, 1.82) is 0 Å². The molecule has 0 saturated carbocycles. The number of hydrogen-bond donors (Lipinski definition) is 1. The molecule has 0 radical (unpaired) electrons. The molecule has 1 N–H and O–H groups in total. The molecule has 158 valence electrons. The standard InChI is InChI=1S/C25H46O2/c1-2-3-4-5-6-7-8-9-10-11-12-13-14-15-16-17-18-19-20-21-22-23-24-25(26)27/h21-24H,2-20H2,1H3,(H,26,27). The lowest BCUT2D eigenvalue weighted by molar-refractivity contribution is -0.131. The zero-order valence-corrected chi connectivity index (χ0v) is 18.1. The second kappa shape index (κ2) is 23.0. The Balaban J connectivity index is 3.08. The van der Waals surface area contributed by atoms with E-state index in [1.807, 2.05) is 6.08 Å². The molecule has 0 amide bonds. The van der Waals surface area contributed by atoms with Crippen LogP contribution in [0, 0.1) is 0 Å². The van der Waals surface area contributed by atoms with E-state index >= 15 is 0 Å². The van der Waals surface area contributed by atoms with Crippen molar-refractivity contribution in [1.82, 2.24) is 0 Å². The molecule has 27 heavy (non-hydrogen) atoms. The van der Waals surface area contributed by atoms with Crippen molar-refractivity contribution in [2.24, 2.45) is 0 Å². The topological polar surface area (TPSA) is 37.3 Å². The van der Waals surface area contributed by atoms with E-state index in [2.05, 4.69) is 13.0 Å². The van der Waals surface area contributed by atoms with Crippen molar-refractivity contribution in [2.75, 3.05) is 0 Å². The van der Waals surface area contributed by atoms with Gasteiger partial charge in [-0.3, -0.25) is 0 Å².